The van der Waals surface area contributed by atoms with Crippen LogP contribution >= 0.6 is 0 Å². The van der Waals surface area contributed by atoms with Crippen LogP contribution in [0.15, 0.2) is 59.2 Å². The number of carbonyl (C=O) groups is 2. The highest BCUT2D eigenvalue weighted by Crippen LogP contribution is 2.47. The van der Waals surface area contributed by atoms with E-state index in [2.05, 4.69) is 0 Å². The second kappa shape index (κ2) is 7.93. The Labute approximate surface area is 191 Å². The standard InChI is InChI=1S/C25H19F5N2O2/c1-12(2)19-21(24(34)32(23(19)33)16-10-14(26)9-15(27)11-16)22(25(28,29)30)20-13(3)31(4)18-8-6-5-7-17(18)20/h5-11H,1-4H3/b22-21-. The van der Waals surface area contributed by atoms with Gasteiger partial charge in [0.25, 0.3) is 11.8 Å². The number of aromatic nitrogens is 1. The van der Waals surface area contributed by atoms with E-state index in [1.807, 2.05) is 0 Å². The van der Waals surface area contributed by atoms with Gasteiger partial charge in [-0.05, 0) is 39.0 Å². The Bertz CT molecular complexity index is 1420. The van der Waals surface area contributed by atoms with E-state index in [4.69, 9.17) is 0 Å². The van der Waals surface area contributed by atoms with Gasteiger partial charge in [0.15, 0.2) is 0 Å². The molecular formula is C25H19F5N2O2. The van der Waals surface area contributed by atoms with Gasteiger partial charge < -0.3 is 4.57 Å². The van der Waals surface area contributed by atoms with Crippen LogP contribution in [-0.2, 0) is 16.6 Å². The summed E-state index contributed by atoms with van der Waals surface area (Å²) < 4.78 is 73.3. The van der Waals surface area contributed by atoms with Crippen LogP contribution in [0.25, 0.3) is 16.5 Å². The van der Waals surface area contributed by atoms with E-state index in [1.165, 1.54) is 26.8 Å². The molecule has 1 fully saturated rings. The highest BCUT2D eigenvalue weighted by atomic mass is 19.4. The van der Waals surface area contributed by atoms with E-state index >= 15 is 0 Å². The Morgan fingerprint density at radius 2 is 1.44 bits per heavy atom. The maximum atomic E-state index is 14.7. The lowest BCUT2D eigenvalue weighted by Gasteiger charge is -2.17. The molecule has 0 bridgehead atoms. The van der Waals surface area contributed by atoms with Gasteiger partial charge in [-0.3, -0.25) is 9.59 Å². The molecule has 0 unspecified atom stereocenters. The van der Waals surface area contributed by atoms with Crippen molar-refractivity contribution in [3.05, 3.63) is 82.1 Å². The normalized spacial score (nSPS) is 16.1. The SMILES string of the molecule is CC(C)=C1C(=O)N(c2cc(F)cc(F)c2)C(=O)/C1=C(/c1c(C)n(C)c2ccccc12)C(F)(F)F. The molecule has 2 aromatic carbocycles. The number of amides is 2. The highest BCUT2D eigenvalue weighted by molar-refractivity contribution is 6.39. The van der Waals surface area contributed by atoms with Gasteiger partial charge >= 0.3 is 6.18 Å². The smallest absolute Gasteiger partial charge is 0.347 e. The topological polar surface area (TPSA) is 42.3 Å². The molecule has 0 N–H and O–H groups in total. The third-order valence-corrected chi connectivity index (χ3v) is 5.87. The predicted octanol–water partition coefficient (Wildman–Crippen LogP) is 5.99. The lowest BCUT2D eigenvalue weighted by Crippen LogP contribution is -2.30. The summed E-state index contributed by atoms with van der Waals surface area (Å²) in [5, 5.41) is 0.255. The molecule has 2 heterocycles. The van der Waals surface area contributed by atoms with Gasteiger partial charge in [-0.15, -0.1) is 0 Å². The van der Waals surface area contributed by atoms with Gasteiger partial charge in [0.1, 0.15) is 11.6 Å². The van der Waals surface area contributed by atoms with Crippen LogP contribution in [0.1, 0.15) is 25.1 Å². The molecule has 1 aromatic heterocycles. The summed E-state index contributed by atoms with van der Waals surface area (Å²) in [6.45, 7) is 4.30. The molecule has 0 aliphatic carbocycles. The van der Waals surface area contributed by atoms with Gasteiger partial charge in [0, 0.05) is 35.3 Å². The van der Waals surface area contributed by atoms with Crippen LogP contribution in [-0.4, -0.2) is 22.6 Å². The summed E-state index contributed by atoms with van der Waals surface area (Å²) in [6, 6.07) is 8.39. The first kappa shape index (κ1) is 23.4. The molecule has 0 spiro atoms. The number of hydrogen-bond acceptors (Lipinski definition) is 2. The first-order chi connectivity index (χ1) is 15.8. The quantitative estimate of drug-likeness (QED) is 0.260. The third-order valence-electron chi connectivity index (χ3n) is 5.87. The Kier molecular flexibility index (Phi) is 5.46. The number of carbonyl (C=O) groups excluding carboxylic acids is 2. The first-order valence-corrected chi connectivity index (χ1v) is 10.2. The minimum absolute atomic E-state index is 0.160. The van der Waals surface area contributed by atoms with Crippen molar-refractivity contribution in [2.45, 2.75) is 26.9 Å². The number of halogens is 5. The monoisotopic (exact) mass is 474 g/mol. The second-order valence-corrected chi connectivity index (χ2v) is 8.23. The second-order valence-electron chi connectivity index (χ2n) is 8.23. The van der Waals surface area contributed by atoms with E-state index in [0.29, 0.717) is 16.5 Å². The minimum Gasteiger partial charge on any atom is -0.347 e. The van der Waals surface area contributed by atoms with E-state index in [9.17, 15) is 31.5 Å². The van der Waals surface area contributed by atoms with Crippen molar-refractivity contribution in [3.8, 4) is 0 Å². The lowest BCUT2D eigenvalue weighted by atomic mass is 9.91. The average Bonchev–Trinajstić information content (AvgIpc) is 3.12. The molecular weight excluding hydrogens is 455 g/mol. The molecule has 0 radical (unpaired) electrons. The van der Waals surface area contributed by atoms with Gasteiger partial charge in [-0.2, -0.15) is 13.2 Å². The molecule has 176 valence electrons. The molecule has 3 aromatic rings. The fraction of sp³-hybridized carbons (Fsp3) is 0.200. The summed E-state index contributed by atoms with van der Waals surface area (Å²) in [7, 11) is 1.60. The van der Waals surface area contributed by atoms with Gasteiger partial charge in [0.05, 0.1) is 22.4 Å². The minimum atomic E-state index is -5.02. The zero-order chi connectivity index (χ0) is 25.1. The Morgan fingerprint density at radius 1 is 0.882 bits per heavy atom. The number of rotatable bonds is 2. The van der Waals surface area contributed by atoms with Gasteiger partial charge in [-0.25, -0.2) is 13.7 Å². The van der Waals surface area contributed by atoms with Crippen molar-refractivity contribution in [3.63, 3.8) is 0 Å². The maximum Gasteiger partial charge on any atom is 0.417 e. The van der Waals surface area contributed by atoms with Crippen molar-refractivity contribution in [1.82, 2.24) is 4.57 Å². The number of fused-ring (bicyclic) bond motifs is 1. The number of aryl methyl sites for hydroxylation is 1. The fourth-order valence-electron chi connectivity index (χ4n) is 4.37. The van der Waals surface area contributed by atoms with E-state index in [1.54, 1.807) is 29.8 Å². The Balaban J connectivity index is 2.13. The van der Waals surface area contributed by atoms with Crippen molar-refractivity contribution >= 4 is 34.0 Å². The number of hydrogen-bond donors (Lipinski definition) is 0. The Morgan fingerprint density at radius 3 is 2.00 bits per heavy atom. The van der Waals surface area contributed by atoms with E-state index < -0.39 is 52.0 Å². The largest absolute Gasteiger partial charge is 0.417 e. The number of alkyl halides is 3. The summed E-state index contributed by atoms with van der Waals surface area (Å²) in [4.78, 5) is 27.0. The predicted molar refractivity (Wildman–Crippen MR) is 118 cm³/mol. The molecule has 4 rings (SSSR count). The van der Waals surface area contributed by atoms with Crippen LogP contribution in [0.4, 0.5) is 27.6 Å². The number of allylic oxidation sites excluding steroid dienone is 2. The van der Waals surface area contributed by atoms with Crippen molar-refractivity contribution in [1.29, 1.82) is 0 Å². The number of imide groups is 1. The molecule has 34 heavy (non-hydrogen) atoms. The molecule has 4 nitrogen and oxygen atoms in total. The molecule has 0 saturated carbocycles. The highest BCUT2D eigenvalue weighted by Gasteiger charge is 2.49. The van der Waals surface area contributed by atoms with E-state index in [0.717, 1.165) is 12.1 Å². The van der Waals surface area contributed by atoms with Crippen molar-refractivity contribution in [2.24, 2.45) is 7.05 Å². The first-order valence-electron chi connectivity index (χ1n) is 10.2. The van der Waals surface area contributed by atoms with Gasteiger partial charge in [-0.1, -0.05) is 23.8 Å². The lowest BCUT2D eigenvalue weighted by molar-refractivity contribution is -0.120. The fourth-order valence-corrected chi connectivity index (χ4v) is 4.37. The van der Waals surface area contributed by atoms with Crippen LogP contribution in [0.2, 0.25) is 0 Å². The average molecular weight is 474 g/mol. The molecule has 2 amide bonds. The van der Waals surface area contributed by atoms with Crippen LogP contribution in [0, 0.1) is 18.6 Å². The van der Waals surface area contributed by atoms with Crippen molar-refractivity contribution < 1.29 is 31.5 Å². The zero-order valence-electron chi connectivity index (χ0n) is 18.6. The van der Waals surface area contributed by atoms with Crippen LogP contribution in [0.5, 0.6) is 0 Å². The maximum absolute atomic E-state index is 14.7. The summed E-state index contributed by atoms with van der Waals surface area (Å²) in [5.41, 5.74) is -2.37. The third kappa shape index (κ3) is 3.52. The molecule has 9 heteroatoms. The van der Waals surface area contributed by atoms with E-state index in [-0.39, 0.29) is 22.2 Å². The summed E-state index contributed by atoms with van der Waals surface area (Å²) >= 11 is 0. The summed E-state index contributed by atoms with van der Waals surface area (Å²) in [5.74, 6) is -4.53. The zero-order valence-corrected chi connectivity index (χ0v) is 18.6. The number of anilines is 1. The van der Waals surface area contributed by atoms with Crippen LogP contribution in [0.3, 0.4) is 0 Å². The number of para-hydroxylation sites is 1. The Hall–Kier alpha value is -3.75. The number of benzene rings is 2. The molecule has 1 saturated heterocycles. The molecule has 0 atom stereocenters. The van der Waals surface area contributed by atoms with Gasteiger partial charge in [0.2, 0.25) is 0 Å². The van der Waals surface area contributed by atoms with Crippen LogP contribution < -0.4 is 4.90 Å². The molecule has 1 aliphatic rings. The van der Waals surface area contributed by atoms with Crippen molar-refractivity contribution in [2.75, 3.05) is 4.90 Å². The summed E-state index contributed by atoms with van der Waals surface area (Å²) in [6.07, 6.45) is -5.02. The number of nitrogens with zero attached hydrogens (tertiary/aromatic N) is 2. The molecule has 1 aliphatic heterocycles.